The van der Waals surface area contributed by atoms with Gasteiger partial charge in [0.1, 0.15) is 17.7 Å². The second-order valence-electron chi connectivity index (χ2n) is 8.87. The number of anilines is 2. The van der Waals surface area contributed by atoms with Crippen molar-refractivity contribution in [1.82, 2.24) is 21.3 Å². The van der Waals surface area contributed by atoms with Gasteiger partial charge in [0.25, 0.3) is 0 Å². The minimum atomic E-state index is -1.62. The Balaban J connectivity index is 2.63. The topological polar surface area (TPSA) is 221 Å². The lowest BCUT2D eigenvalue weighted by Gasteiger charge is -2.19. The van der Waals surface area contributed by atoms with Crippen molar-refractivity contribution in [2.45, 2.75) is 44.6 Å². The lowest BCUT2D eigenvalue weighted by Crippen LogP contribution is -2.47. The molecule has 1 atom stereocenters. The molecule has 1 unspecified atom stereocenters. The second kappa shape index (κ2) is 19.0. The van der Waals surface area contributed by atoms with Crippen LogP contribution in [-0.2, 0) is 19.2 Å². The molecule has 0 aliphatic heterocycles. The van der Waals surface area contributed by atoms with E-state index < -0.39 is 65.4 Å². The molecule has 0 saturated heterocycles. The third-order valence-corrected chi connectivity index (χ3v) is 6.15. The van der Waals surface area contributed by atoms with Crippen molar-refractivity contribution < 1.29 is 42.7 Å². The van der Waals surface area contributed by atoms with E-state index in [-0.39, 0.29) is 31.7 Å². The van der Waals surface area contributed by atoms with Gasteiger partial charge in [0.15, 0.2) is 0 Å². The third kappa shape index (κ3) is 14.4. The number of rotatable bonds is 18. The van der Waals surface area contributed by atoms with Crippen molar-refractivity contribution in [3.63, 3.8) is 0 Å². The molecule has 1 aromatic carbocycles. The number of unbranched alkanes of at least 4 members (excludes halogenated alkanes) is 2. The Kier molecular flexibility index (Phi) is 16.1. The molecule has 0 spiro atoms. The summed E-state index contributed by atoms with van der Waals surface area (Å²) >= 11 is 3.14. The molecule has 0 aromatic heterocycles. The highest BCUT2D eigenvalue weighted by atomic mass is 79.9. The van der Waals surface area contributed by atoms with E-state index in [1.54, 1.807) is 5.32 Å². The molecule has 0 heterocycles. The predicted octanol–water partition coefficient (Wildman–Crippen LogP) is 1.67. The zero-order chi connectivity index (χ0) is 31.7. The number of urea groups is 1. The van der Waals surface area contributed by atoms with Crippen LogP contribution in [0.25, 0.3) is 0 Å². The molecule has 17 heteroatoms. The molecule has 0 aliphatic carbocycles. The normalized spacial score (nSPS) is 11.0. The van der Waals surface area contributed by atoms with Crippen LogP contribution in [0.1, 0.15) is 38.5 Å². The quantitative estimate of drug-likeness (QED) is 0.0660. The van der Waals surface area contributed by atoms with Gasteiger partial charge in [-0.25, -0.2) is 18.4 Å². The van der Waals surface area contributed by atoms with Crippen LogP contribution in [0, 0.1) is 11.6 Å². The molecule has 232 valence electrons. The van der Waals surface area contributed by atoms with E-state index in [1.807, 2.05) is 0 Å². The Labute approximate surface area is 248 Å². The van der Waals surface area contributed by atoms with Crippen LogP contribution in [-0.4, -0.2) is 71.9 Å². The van der Waals surface area contributed by atoms with Crippen LogP contribution < -0.4 is 37.6 Å². The first-order valence-electron chi connectivity index (χ1n) is 12.7. The molecule has 0 bridgehead atoms. The maximum Gasteiger partial charge on any atom is 0.409 e. The summed E-state index contributed by atoms with van der Waals surface area (Å²) in [6.07, 6.45) is 0.402. The first-order chi connectivity index (χ1) is 19.8. The maximum atomic E-state index is 14.4. The van der Waals surface area contributed by atoms with Gasteiger partial charge >= 0.3 is 12.1 Å². The summed E-state index contributed by atoms with van der Waals surface area (Å²) in [5.74, 6) is -4.65. The molecule has 42 heavy (non-hydrogen) atoms. The summed E-state index contributed by atoms with van der Waals surface area (Å²) in [6, 6.07) is -0.975. The van der Waals surface area contributed by atoms with E-state index >= 15 is 0 Å². The van der Waals surface area contributed by atoms with E-state index in [1.165, 1.54) is 0 Å². The van der Waals surface area contributed by atoms with Crippen LogP contribution in [0.5, 0.6) is 0 Å². The number of amides is 7. The van der Waals surface area contributed by atoms with Gasteiger partial charge in [-0.1, -0.05) is 28.9 Å². The van der Waals surface area contributed by atoms with Crippen LogP contribution >= 0.6 is 15.9 Å². The van der Waals surface area contributed by atoms with E-state index in [0.717, 1.165) is 0 Å². The zero-order valence-corrected chi connectivity index (χ0v) is 24.2. The Morgan fingerprint density at radius 1 is 0.881 bits per heavy atom. The Hall–Kier alpha value is -4.28. The molecule has 0 saturated carbocycles. The minimum Gasteiger partial charge on any atom is -0.465 e. The summed E-state index contributed by atoms with van der Waals surface area (Å²) in [6.45, 7) is 3.61. The number of carbonyl (C=O) groups excluding carboxylic acids is 5. The van der Waals surface area contributed by atoms with E-state index in [2.05, 4.69) is 49.1 Å². The number of benzene rings is 1. The van der Waals surface area contributed by atoms with Crippen LogP contribution in [0.2, 0.25) is 0 Å². The van der Waals surface area contributed by atoms with Crippen molar-refractivity contribution >= 4 is 63.1 Å². The molecule has 1 rings (SSSR count). The summed E-state index contributed by atoms with van der Waals surface area (Å²) in [4.78, 5) is 70.5. The molecule has 7 amide bonds. The number of alkyl halides is 1. The number of nitrogens with two attached hydrogens (primary N) is 1. The number of nitrogens with one attached hydrogen (secondary N) is 6. The summed E-state index contributed by atoms with van der Waals surface area (Å²) < 4.78 is 28.5. The summed E-state index contributed by atoms with van der Waals surface area (Å²) in [5.41, 5.74) is 4.13. The SMILES string of the molecule is C=C(CBr)C(=O)NCCCCCC(=O)NCC(=O)NC(CCCNC(N)=O)C(=O)Nc1cc(F)c(NC(=O)O)cc1F. The number of primary amides is 1. The largest absolute Gasteiger partial charge is 0.465 e. The number of carboxylic acid groups (broad SMARTS) is 1. The summed E-state index contributed by atoms with van der Waals surface area (Å²) in [7, 11) is 0. The van der Waals surface area contributed by atoms with E-state index in [4.69, 9.17) is 10.8 Å². The van der Waals surface area contributed by atoms with Gasteiger partial charge in [-0.15, -0.1) is 0 Å². The van der Waals surface area contributed by atoms with Gasteiger partial charge in [-0.05, 0) is 25.7 Å². The molecule has 14 nitrogen and oxygen atoms in total. The van der Waals surface area contributed by atoms with Crippen LogP contribution in [0.4, 0.5) is 29.7 Å². The van der Waals surface area contributed by atoms with Gasteiger partial charge in [-0.3, -0.25) is 24.5 Å². The fourth-order valence-electron chi connectivity index (χ4n) is 3.35. The van der Waals surface area contributed by atoms with Gasteiger partial charge < -0.3 is 37.4 Å². The highest BCUT2D eigenvalue weighted by molar-refractivity contribution is 9.09. The Morgan fingerprint density at radius 2 is 1.50 bits per heavy atom. The maximum absolute atomic E-state index is 14.4. The van der Waals surface area contributed by atoms with Crippen molar-refractivity contribution in [1.29, 1.82) is 0 Å². The summed E-state index contributed by atoms with van der Waals surface area (Å²) in [5, 5.41) is 22.7. The average molecular weight is 662 g/mol. The molecule has 0 fully saturated rings. The first kappa shape index (κ1) is 35.7. The fourth-order valence-corrected chi connectivity index (χ4v) is 3.60. The van der Waals surface area contributed by atoms with Crippen molar-refractivity contribution in [2.75, 3.05) is 35.6 Å². The van der Waals surface area contributed by atoms with E-state index in [9.17, 15) is 37.5 Å². The number of hydrogen-bond donors (Lipinski definition) is 8. The lowest BCUT2D eigenvalue weighted by atomic mass is 10.1. The fraction of sp³-hybridized carbons (Fsp3) is 0.440. The number of carbonyl (C=O) groups is 6. The Bertz CT molecular complexity index is 1170. The number of hydrogen-bond acceptors (Lipinski definition) is 6. The molecular formula is C25H34BrF2N7O7. The van der Waals surface area contributed by atoms with Crippen molar-refractivity contribution in [3.05, 3.63) is 35.9 Å². The highest BCUT2D eigenvalue weighted by Crippen LogP contribution is 2.23. The van der Waals surface area contributed by atoms with Gasteiger partial charge in [-0.2, -0.15) is 0 Å². The number of halogens is 3. The first-order valence-corrected chi connectivity index (χ1v) is 13.9. The highest BCUT2D eigenvalue weighted by Gasteiger charge is 2.23. The van der Waals surface area contributed by atoms with E-state index in [0.29, 0.717) is 48.8 Å². The van der Waals surface area contributed by atoms with Gasteiger partial charge in [0.05, 0.1) is 17.9 Å². The Morgan fingerprint density at radius 3 is 2.10 bits per heavy atom. The second-order valence-corrected chi connectivity index (χ2v) is 9.43. The molecular weight excluding hydrogens is 628 g/mol. The van der Waals surface area contributed by atoms with Crippen LogP contribution in [0.3, 0.4) is 0 Å². The van der Waals surface area contributed by atoms with Crippen LogP contribution in [0.15, 0.2) is 24.3 Å². The van der Waals surface area contributed by atoms with Crippen molar-refractivity contribution in [2.24, 2.45) is 5.73 Å². The minimum absolute atomic E-state index is 0.0475. The van der Waals surface area contributed by atoms with Crippen molar-refractivity contribution in [3.8, 4) is 0 Å². The molecule has 0 aliphatic rings. The zero-order valence-electron chi connectivity index (χ0n) is 22.6. The average Bonchev–Trinajstić information content (AvgIpc) is 2.92. The van der Waals surface area contributed by atoms with Gasteiger partial charge in [0.2, 0.25) is 23.6 Å². The lowest BCUT2D eigenvalue weighted by molar-refractivity contribution is -0.128. The smallest absolute Gasteiger partial charge is 0.409 e. The van der Waals surface area contributed by atoms with Gasteiger partial charge in [0, 0.05) is 42.5 Å². The molecule has 1 aromatic rings. The third-order valence-electron chi connectivity index (χ3n) is 5.47. The predicted molar refractivity (Wildman–Crippen MR) is 153 cm³/mol. The monoisotopic (exact) mass is 661 g/mol. The molecule has 0 radical (unpaired) electrons. The molecule has 9 N–H and O–H groups in total. The standard InChI is InChI=1S/C25H34BrF2N7O7/c1-14(12-26)22(38)30-8-4-2-3-7-20(36)32-13-21(37)33-17(6-5-9-31-24(29)40)23(39)34-18-10-16(28)19(11-15(18)27)35-25(41)42/h10-11,17,35H,1-9,12-13H2,(H,30,38)(H,32,36)(H,33,37)(H,34,39)(H,41,42)(H3,29,31,40).